The molecule has 1 saturated heterocycles. The van der Waals surface area contributed by atoms with Crippen LogP contribution in [0.2, 0.25) is 5.02 Å². The van der Waals surface area contributed by atoms with Crippen LogP contribution in [0.4, 0.5) is 0 Å². The second-order valence-electron chi connectivity index (χ2n) is 4.35. The molecule has 14 heavy (non-hydrogen) atoms. The molecule has 0 aromatic heterocycles. The third kappa shape index (κ3) is 1.55. The lowest BCUT2D eigenvalue weighted by atomic mass is 9.77. The molecule has 1 aromatic carbocycles. The van der Waals surface area contributed by atoms with E-state index in [1.807, 2.05) is 12.1 Å². The van der Waals surface area contributed by atoms with Crippen molar-refractivity contribution in [1.82, 2.24) is 5.32 Å². The summed E-state index contributed by atoms with van der Waals surface area (Å²) in [6, 6.07) is 8.79. The maximum absolute atomic E-state index is 5.88. The first-order valence-electron chi connectivity index (χ1n) is 5.12. The lowest BCUT2D eigenvalue weighted by Crippen LogP contribution is -2.35. The normalized spacial score (nSPS) is 32.1. The molecule has 0 saturated carbocycles. The molecule has 1 fully saturated rings. The van der Waals surface area contributed by atoms with Crippen molar-refractivity contribution in [2.45, 2.75) is 31.7 Å². The van der Waals surface area contributed by atoms with Crippen LogP contribution in [0.5, 0.6) is 0 Å². The van der Waals surface area contributed by atoms with Gasteiger partial charge in [0.15, 0.2) is 0 Å². The minimum Gasteiger partial charge on any atom is -0.313 e. The van der Waals surface area contributed by atoms with Gasteiger partial charge < -0.3 is 5.32 Å². The standard InChI is InChI=1S/C12H16ClN/c1-9-12(2,7-8-14-9)10-3-5-11(13)6-4-10/h3-6,9,14H,7-8H2,1-2H3. The molecule has 2 atom stereocenters. The molecule has 1 aromatic rings. The fourth-order valence-corrected chi connectivity index (χ4v) is 2.34. The van der Waals surface area contributed by atoms with Gasteiger partial charge in [-0.25, -0.2) is 0 Å². The van der Waals surface area contributed by atoms with Crippen LogP contribution < -0.4 is 5.32 Å². The summed E-state index contributed by atoms with van der Waals surface area (Å²) in [6.07, 6.45) is 1.20. The Kier molecular flexibility index (Phi) is 2.54. The van der Waals surface area contributed by atoms with Gasteiger partial charge in [0, 0.05) is 16.5 Å². The average Bonchev–Trinajstić information content (AvgIpc) is 2.49. The van der Waals surface area contributed by atoms with Gasteiger partial charge in [0.1, 0.15) is 0 Å². The van der Waals surface area contributed by atoms with E-state index in [1.165, 1.54) is 12.0 Å². The van der Waals surface area contributed by atoms with Crippen LogP contribution in [0, 0.1) is 0 Å². The van der Waals surface area contributed by atoms with Gasteiger partial charge in [0.25, 0.3) is 0 Å². The fourth-order valence-electron chi connectivity index (χ4n) is 2.22. The van der Waals surface area contributed by atoms with Crippen molar-refractivity contribution in [2.75, 3.05) is 6.54 Å². The molecule has 0 spiro atoms. The van der Waals surface area contributed by atoms with E-state index in [0.29, 0.717) is 6.04 Å². The van der Waals surface area contributed by atoms with E-state index in [0.717, 1.165) is 11.6 Å². The van der Waals surface area contributed by atoms with E-state index in [-0.39, 0.29) is 5.41 Å². The Labute approximate surface area is 90.5 Å². The van der Waals surface area contributed by atoms with E-state index in [1.54, 1.807) is 0 Å². The Bertz CT molecular complexity index is 320. The fraction of sp³-hybridized carbons (Fsp3) is 0.500. The van der Waals surface area contributed by atoms with Crippen LogP contribution in [-0.4, -0.2) is 12.6 Å². The second kappa shape index (κ2) is 3.56. The summed E-state index contributed by atoms with van der Waals surface area (Å²) in [7, 11) is 0. The Morgan fingerprint density at radius 3 is 2.50 bits per heavy atom. The number of halogens is 1. The molecule has 2 heteroatoms. The molecule has 0 amide bonds. The highest BCUT2D eigenvalue weighted by Gasteiger charge is 2.36. The summed E-state index contributed by atoms with van der Waals surface area (Å²) in [4.78, 5) is 0. The molecule has 0 radical (unpaired) electrons. The zero-order valence-corrected chi connectivity index (χ0v) is 9.43. The van der Waals surface area contributed by atoms with E-state index < -0.39 is 0 Å². The quantitative estimate of drug-likeness (QED) is 0.750. The summed E-state index contributed by atoms with van der Waals surface area (Å²) in [5.74, 6) is 0. The molecule has 2 unspecified atom stereocenters. The smallest absolute Gasteiger partial charge is 0.0406 e. The molecule has 1 heterocycles. The summed E-state index contributed by atoms with van der Waals surface area (Å²) in [6.45, 7) is 5.68. The van der Waals surface area contributed by atoms with E-state index in [2.05, 4.69) is 31.3 Å². The summed E-state index contributed by atoms with van der Waals surface area (Å²) in [5, 5.41) is 4.31. The molecule has 0 aliphatic carbocycles. The average molecular weight is 210 g/mol. The van der Waals surface area contributed by atoms with Gasteiger partial charge in [-0.2, -0.15) is 0 Å². The lowest BCUT2D eigenvalue weighted by Gasteiger charge is -2.29. The SMILES string of the molecule is CC1NCCC1(C)c1ccc(Cl)cc1. The number of nitrogens with one attached hydrogen (secondary N) is 1. The predicted molar refractivity (Wildman–Crippen MR) is 60.9 cm³/mol. The van der Waals surface area contributed by atoms with Crippen molar-refractivity contribution in [2.24, 2.45) is 0 Å². The van der Waals surface area contributed by atoms with Crippen molar-refractivity contribution in [3.8, 4) is 0 Å². The van der Waals surface area contributed by atoms with E-state index in [9.17, 15) is 0 Å². The van der Waals surface area contributed by atoms with Gasteiger partial charge in [-0.1, -0.05) is 30.7 Å². The van der Waals surface area contributed by atoms with Crippen LogP contribution in [0.15, 0.2) is 24.3 Å². The van der Waals surface area contributed by atoms with Crippen LogP contribution >= 0.6 is 11.6 Å². The monoisotopic (exact) mass is 209 g/mol. The van der Waals surface area contributed by atoms with Crippen molar-refractivity contribution >= 4 is 11.6 Å². The summed E-state index contributed by atoms with van der Waals surface area (Å²) >= 11 is 5.88. The first-order valence-corrected chi connectivity index (χ1v) is 5.50. The second-order valence-corrected chi connectivity index (χ2v) is 4.79. The van der Waals surface area contributed by atoms with Crippen LogP contribution in [-0.2, 0) is 5.41 Å². The first-order chi connectivity index (χ1) is 6.63. The molecular formula is C12H16ClN. The summed E-state index contributed by atoms with van der Waals surface area (Å²) in [5.41, 5.74) is 1.66. The highest BCUT2D eigenvalue weighted by atomic mass is 35.5. The minimum absolute atomic E-state index is 0.268. The van der Waals surface area contributed by atoms with Gasteiger partial charge in [-0.3, -0.25) is 0 Å². The Morgan fingerprint density at radius 2 is 2.00 bits per heavy atom. The topological polar surface area (TPSA) is 12.0 Å². The number of benzene rings is 1. The Hall–Kier alpha value is -0.530. The van der Waals surface area contributed by atoms with Crippen molar-refractivity contribution in [3.63, 3.8) is 0 Å². The number of hydrogen-bond acceptors (Lipinski definition) is 1. The van der Waals surface area contributed by atoms with Gasteiger partial charge in [0.05, 0.1) is 0 Å². The third-order valence-electron chi connectivity index (χ3n) is 3.55. The summed E-state index contributed by atoms with van der Waals surface area (Å²) < 4.78 is 0. The maximum Gasteiger partial charge on any atom is 0.0406 e. The van der Waals surface area contributed by atoms with Crippen LogP contribution in [0.3, 0.4) is 0 Å². The molecule has 1 N–H and O–H groups in total. The van der Waals surface area contributed by atoms with Crippen molar-refractivity contribution < 1.29 is 0 Å². The molecule has 1 nitrogen and oxygen atoms in total. The lowest BCUT2D eigenvalue weighted by molar-refractivity contribution is 0.427. The molecule has 1 aliphatic heterocycles. The third-order valence-corrected chi connectivity index (χ3v) is 3.81. The van der Waals surface area contributed by atoms with E-state index >= 15 is 0 Å². The van der Waals surface area contributed by atoms with Gasteiger partial charge in [0.2, 0.25) is 0 Å². The first kappa shape index (κ1) is 10.0. The van der Waals surface area contributed by atoms with E-state index in [4.69, 9.17) is 11.6 Å². The molecule has 0 bridgehead atoms. The van der Waals surface area contributed by atoms with Gasteiger partial charge >= 0.3 is 0 Å². The Balaban J connectivity index is 2.34. The van der Waals surface area contributed by atoms with Crippen molar-refractivity contribution in [1.29, 1.82) is 0 Å². The highest BCUT2D eigenvalue weighted by molar-refractivity contribution is 6.30. The van der Waals surface area contributed by atoms with Crippen molar-refractivity contribution in [3.05, 3.63) is 34.9 Å². The maximum atomic E-state index is 5.88. The van der Waals surface area contributed by atoms with Gasteiger partial charge in [-0.15, -0.1) is 0 Å². The molecular weight excluding hydrogens is 194 g/mol. The highest BCUT2D eigenvalue weighted by Crippen LogP contribution is 2.35. The number of hydrogen-bond donors (Lipinski definition) is 1. The minimum atomic E-state index is 0.268. The zero-order valence-electron chi connectivity index (χ0n) is 8.68. The van der Waals surface area contributed by atoms with Crippen LogP contribution in [0.1, 0.15) is 25.8 Å². The van der Waals surface area contributed by atoms with Crippen LogP contribution in [0.25, 0.3) is 0 Å². The number of rotatable bonds is 1. The molecule has 2 rings (SSSR count). The molecule has 1 aliphatic rings. The molecule has 76 valence electrons. The Morgan fingerprint density at radius 1 is 1.36 bits per heavy atom. The predicted octanol–water partition coefficient (Wildman–Crippen LogP) is 2.98. The van der Waals surface area contributed by atoms with Gasteiger partial charge in [-0.05, 0) is 37.6 Å². The zero-order chi connectivity index (χ0) is 10.2. The largest absolute Gasteiger partial charge is 0.313 e.